The second-order valence-electron chi connectivity index (χ2n) is 2.69. The molecule has 0 aliphatic carbocycles. The molecule has 0 bridgehead atoms. The number of rotatable bonds is 2. The van der Waals surface area contributed by atoms with Crippen molar-refractivity contribution in [2.45, 2.75) is 12.8 Å². The fraction of sp³-hybridized carbons (Fsp3) is 0.625. The van der Waals surface area contributed by atoms with E-state index in [1.54, 1.807) is 6.08 Å². The van der Waals surface area contributed by atoms with Gasteiger partial charge in [0.1, 0.15) is 0 Å². The summed E-state index contributed by atoms with van der Waals surface area (Å²) in [6, 6.07) is 2.28. The lowest BCUT2D eigenvalue weighted by atomic mass is 9.86. The van der Waals surface area contributed by atoms with Crippen molar-refractivity contribution < 1.29 is 4.74 Å². The van der Waals surface area contributed by atoms with Gasteiger partial charge in [0.05, 0.1) is 18.1 Å². The Labute approximate surface area is 61.1 Å². The summed E-state index contributed by atoms with van der Waals surface area (Å²) in [6.07, 6.45) is 3.40. The minimum Gasteiger partial charge on any atom is -0.380 e. The van der Waals surface area contributed by atoms with E-state index in [9.17, 15) is 0 Å². The summed E-state index contributed by atoms with van der Waals surface area (Å²) in [4.78, 5) is 0. The highest BCUT2D eigenvalue weighted by atomic mass is 16.5. The summed E-state index contributed by atoms with van der Waals surface area (Å²) < 4.78 is 5.13. The molecular formula is C8H11NO. The third-order valence-corrected chi connectivity index (χ3v) is 1.88. The average molecular weight is 137 g/mol. The maximum atomic E-state index is 8.77. The van der Waals surface area contributed by atoms with Crippen molar-refractivity contribution in [2.24, 2.45) is 5.41 Å². The van der Waals surface area contributed by atoms with Crippen molar-refractivity contribution >= 4 is 0 Å². The zero-order valence-corrected chi connectivity index (χ0v) is 5.97. The lowest BCUT2D eigenvalue weighted by Gasteiger charge is -2.14. The molecule has 10 heavy (non-hydrogen) atoms. The molecule has 0 amide bonds. The Morgan fingerprint density at radius 3 is 3.00 bits per heavy atom. The quantitative estimate of drug-likeness (QED) is 0.540. The molecule has 0 radical (unpaired) electrons. The SMILES string of the molecule is C=CCC1(C#N)CCOC1. The topological polar surface area (TPSA) is 33.0 Å². The molecule has 1 atom stereocenters. The third-order valence-electron chi connectivity index (χ3n) is 1.88. The predicted octanol–water partition coefficient (Wildman–Crippen LogP) is 1.49. The highest BCUT2D eigenvalue weighted by molar-refractivity contribution is 5.04. The third kappa shape index (κ3) is 1.19. The molecule has 1 heterocycles. The molecule has 0 saturated carbocycles. The Morgan fingerprint density at radius 1 is 1.80 bits per heavy atom. The fourth-order valence-electron chi connectivity index (χ4n) is 1.18. The van der Waals surface area contributed by atoms with Crippen molar-refractivity contribution in [1.29, 1.82) is 5.26 Å². The molecular weight excluding hydrogens is 126 g/mol. The number of ether oxygens (including phenoxy) is 1. The van der Waals surface area contributed by atoms with Gasteiger partial charge in [-0.1, -0.05) is 6.08 Å². The summed E-state index contributed by atoms with van der Waals surface area (Å²) in [5.74, 6) is 0. The fourth-order valence-corrected chi connectivity index (χ4v) is 1.18. The average Bonchev–Trinajstić information content (AvgIpc) is 2.39. The van der Waals surface area contributed by atoms with Gasteiger partial charge in [-0.2, -0.15) is 5.26 Å². The first kappa shape index (κ1) is 7.30. The van der Waals surface area contributed by atoms with Crippen molar-refractivity contribution in [1.82, 2.24) is 0 Å². The van der Waals surface area contributed by atoms with Gasteiger partial charge < -0.3 is 4.74 Å². The van der Waals surface area contributed by atoms with Crippen LogP contribution < -0.4 is 0 Å². The van der Waals surface area contributed by atoms with Crippen LogP contribution in [0.1, 0.15) is 12.8 Å². The lowest BCUT2D eigenvalue weighted by Crippen LogP contribution is -2.16. The van der Waals surface area contributed by atoms with E-state index >= 15 is 0 Å². The van der Waals surface area contributed by atoms with Crippen LogP contribution in [-0.4, -0.2) is 13.2 Å². The van der Waals surface area contributed by atoms with Crippen LogP contribution in [0, 0.1) is 16.7 Å². The van der Waals surface area contributed by atoms with E-state index in [1.165, 1.54) is 0 Å². The van der Waals surface area contributed by atoms with Gasteiger partial charge in [0.15, 0.2) is 0 Å². The van der Waals surface area contributed by atoms with Gasteiger partial charge in [0.25, 0.3) is 0 Å². The molecule has 1 fully saturated rings. The van der Waals surface area contributed by atoms with E-state index in [-0.39, 0.29) is 5.41 Å². The Morgan fingerprint density at radius 2 is 2.60 bits per heavy atom. The van der Waals surface area contributed by atoms with Crippen LogP contribution in [-0.2, 0) is 4.74 Å². The van der Waals surface area contributed by atoms with Crippen molar-refractivity contribution in [3.05, 3.63) is 12.7 Å². The molecule has 1 saturated heterocycles. The first-order chi connectivity index (χ1) is 4.83. The smallest absolute Gasteiger partial charge is 0.0862 e. The number of nitrogens with zero attached hydrogens (tertiary/aromatic N) is 1. The number of hydrogen-bond donors (Lipinski definition) is 0. The second-order valence-corrected chi connectivity index (χ2v) is 2.69. The molecule has 54 valence electrons. The van der Waals surface area contributed by atoms with Gasteiger partial charge >= 0.3 is 0 Å². The van der Waals surface area contributed by atoms with Crippen molar-refractivity contribution in [2.75, 3.05) is 13.2 Å². The number of nitriles is 1. The monoisotopic (exact) mass is 137 g/mol. The number of allylic oxidation sites excluding steroid dienone is 1. The maximum absolute atomic E-state index is 8.77. The summed E-state index contributed by atoms with van der Waals surface area (Å²) in [7, 11) is 0. The largest absolute Gasteiger partial charge is 0.380 e. The van der Waals surface area contributed by atoms with E-state index < -0.39 is 0 Å². The van der Waals surface area contributed by atoms with E-state index in [0.29, 0.717) is 6.61 Å². The molecule has 0 aromatic heterocycles. The summed E-state index contributed by atoms with van der Waals surface area (Å²) >= 11 is 0. The first-order valence-corrected chi connectivity index (χ1v) is 3.43. The van der Waals surface area contributed by atoms with E-state index in [0.717, 1.165) is 19.4 Å². The second kappa shape index (κ2) is 2.85. The number of hydrogen-bond acceptors (Lipinski definition) is 2. The molecule has 0 aromatic rings. The Bertz CT molecular complexity index is 163. The van der Waals surface area contributed by atoms with Crippen molar-refractivity contribution in [3.63, 3.8) is 0 Å². The van der Waals surface area contributed by atoms with Gasteiger partial charge in [-0.15, -0.1) is 6.58 Å². The van der Waals surface area contributed by atoms with Crippen molar-refractivity contribution in [3.8, 4) is 6.07 Å². The van der Waals surface area contributed by atoms with Gasteiger partial charge in [-0.05, 0) is 12.8 Å². The van der Waals surface area contributed by atoms with Gasteiger partial charge in [0, 0.05) is 6.61 Å². The molecule has 1 aliphatic rings. The highest BCUT2D eigenvalue weighted by Gasteiger charge is 2.33. The Kier molecular flexibility index (Phi) is 2.08. The summed E-state index contributed by atoms with van der Waals surface area (Å²) in [5, 5.41) is 8.77. The van der Waals surface area contributed by atoms with Gasteiger partial charge in [-0.3, -0.25) is 0 Å². The molecule has 1 aliphatic heterocycles. The summed E-state index contributed by atoms with van der Waals surface area (Å²) in [6.45, 7) is 4.91. The predicted molar refractivity (Wildman–Crippen MR) is 38.3 cm³/mol. The minimum atomic E-state index is -0.248. The molecule has 1 unspecified atom stereocenters. The molecule has 1 rings (SSSR count). The van der Waals surface area contributed by atoms with Gasteiger partial charge in [-0.25, -0.2) is 0 Å². The van der Waals surface area contributed by atoms with Crippen LogP contribution in [0.5, 0.6) is 0 Å². The zero-order valence-electron chi connectivity index (χ0n) is 5.97. The Balaban J connectivity index is 2.59. The standard InChI is InChI=1S/C8H11NO/c1-2-3-8(6-9)4-5-10-7-8/h2H,1,3-5,7H2. The van der Waals surface area contributed by atoms with Crippen LogP contribution in [0.4, 0.5) is 0 Å². The molecule has 0 aromatic carbocycles. The van der Waals surface area contributed by atoms with E-state index in [1.807, 2.05) is 0 Å². The molecule has 2 nitrogen and oxygen atoms in total. The van der Waals surface area contributed by atoms with Crippen LogP contribution in [0.15, 0.2) is 12.7 Å². The first-order valence-electron chi connectivity index (χ1n) is 3.43. The van der Waals surface area contributed by atoms with Crippen LogP contribution in [0.2, 0.25) is 0 Å². The van der Waals surface area contributed by atoms with E-state index in [4.69, 9.17) is 10.00 Å². The zero-order chi connectivity index (χ0) is 7.45. The lowest BCUT2D eigenvalue weighted by molar-refractivity contribution is 0.172. The summed E-state index contributed by atoms with van der Waals surface area (Å²) in [5.41, 5.74) is -0.248. The Hall–Kier alpha value is -0.810. The molecule has 0 spiro atoms. The molecule has 0 N–H and O–H groups in total. The van der Waals surface area contributed by atoms with Crippen LogP contribution in [0.25, 0.3) is 0 Å². The minimum absolute atomic E-state index is 0.248. The highest BCUT2D eigenvalue weighted by Crippen LogP contribution is 2.31. The van der Waals surface area contributed by atoms with E-state index in [2.05, 4.69) is 12.6 Å². The normalized spacial score (nSPS) is 31.5. The molecule has 2 heteroatoms. The van der Waals surface area contributed by atoms with Crippen LogP contribution >= 0.6 is 0 Å². The van der Waals surface area contributed by atoms with Gasteiger partial charge in [0.2, 0.25) is 0 Å². The maximum Gasteiger partial charge on any atom is 0.0862 e. The van der Waals surface area contributed by atoms with Crippen LogP contribution in [0.3, 0.4) is 0 Å².